The minimum atomic E-state index is -0.591. The van der Waals surface area contributed by atoms with E-state index in [2.05, 4.69) is 41.3 Å². The quantitative estimate of drug-likeness (QED) is 0.338. The van der Waals surface area contributed by atoms with Gasteiger partial charge >= 0.3 is 0 Å². The Hall–Kier alpha value is -2.21. The maximum absolute atomic E-state index is 7.53. The lowest BCUT2D eigenvalue weighted by Crippen LogP contribution is -2.52. The van der Waals surface area contributed by atoms with E-state index in [0.29, 0.717) is 18.1 Å². The number of nitrogens with one attached hydrogen (secondary N) is 1. The number of likely N-dealkylation sites (tertiary alicyclic amines) is 1. The van der Waals surface area contributed by atoms with Gasteiger partial charge < -0.3 is 15.2 Å². The van der Waals surface area contributed by atoms with Gasteiger partial charge in [-0.15, -0.1) is 0 Å². The largest absolute Gasteiger partial charge is 0.345 e. The van der Waals surface area contributed by atoms with Gasteiger partial charge in [0.2, 0.25) is 11.7 Å². The SMILES string of the molecule is CCCCCCCCc1ccc(-c2noc(C[C@]3(N)CCCN3C=N)n2)cc1. The number of unbranched alkanes of at least 4 members (excludes halogenated alkanes) is 5. The van der Waals surface area contributed by atoms with E-state index < -0.39 is 5.66 Å². The molecule has 0 spiro atoms. The predicted molar refractivity (Wildman–Crippen MR) is 112 cm³/mol. The Kier molecular flexibility index (Phi) is 7.20. The molecule has 0 aliphatic carbocycles. The highest BCUT2D eigenvalue weighted by Gasteiger charge is 2.37. The molecule has 1 fully saturated rings. The van der Waals surface area contributed by atoms with Gasteiger partial charge in [-0.3, -0.25) is 5.41 Å². The highest BCUT2D eigenvalue weighted by Crippen LogP contribution is 2.27. The fourth-order valence-electron chi connectivity index (χ4n) is 3.94. The number of hydrogen-bond acceptors (Lipinski definition) is 5. The third-order valence-corrected chi connectivity index (χ3v) is 5.69. The number of rotatable bonds is 11. The molecule has 2 heterocycles. The Morgan fingerprint density at radius 2 is 1.93 bits per heavy atom. The Balaban J connectivity index is 1.53. The molecule has 1 aromatic carbocycles. The molecule has 0 saturated carbocycles. The van der Waals surface area contributed by atoms with Crippen molar-refractivity contribution >= 4 is 6.34 Å². The minimum absolute atomic E-state index is 0.464. The van der Waals surface area contributed by atoms with Crippen LogP contribution in [0.15, 0.2) is 28.8 Å². The molecule has 1 aromatic heterocycles. The van der Waals surface area contributed by atoms with Gasteiger partial charge in [-0.2, -0.15) is 4.98 Å². The first-order valence-electron chi connectivity index (χ1n) is 10.6. The molecule has 28 heavy (non-hydrogen) atoms. The van der Waals surface area contributed by atoms with E-state index in [4.69, 9.17) is 15.7 Å². The average molecular weight is 384 g/mol. The summed E-state index contributed by atoms with van der Waals surface area (Å²) in [4.78, 5) is 6.39. The number of hydrogen-bond donors (Lipinski definition) is 2. The molecule has 0 bridgehead atoms. The number of nitrogens with two attached hydrogens (primary N) is 1. The van der Waals surface area contributed by atoms with Crippen molar-refractivity contribution in [2.24, 2.45) is 5.73 Å². The van der Waals surface area contributed by atoms with Crippen LogP contribution in [0.3, 0.4) is 0 Å². The van der Waals surface area contributed by atoms with Crippen molar-refractivity contribution in [3.8, 4) is 11.4 Å². The molecule has 6 heteroatoms. The molecule has 0 radical (unpaired) electrons. The zero-order chi connectivity index (χ0) is 19.8. The summed E-state index contributed by atoms with van der Waals surface area (Å²) in [5, 5.41) is 11.7. The summed E-state index contributed by atoms with van der Waals surface area (Å²) in [5.41, 5.74) is 8.17. The van der Waals surface area contributed by atoms with Crippen molar-refractivity contribution in [1.29, 1.82) is 5.41 Å². The van der Waals surface area contributed by atoms with Crippen LogP contribution < -0.4 is 5.73 Å². The van der Waals surface area contributed by atoms with E-state index in [9.17, 15) is 0 Å². The van der Waals surface area contributed by atoms with E-state index in [1.807, 2.05) is 4.90 Å². The van der Waals surface area contributed by atoms with Gasteiger partial charge in [-0.25, -0.2) is 0 Å². The summed E-state index contributed by atoms with van der Waals surface area (Å²) in [7, 11) is 0. The fourth-order valence-corrected chi connectivity index (χ4v) is 3.94. The summed E-state index contributed by atoms with van der Waals surface area (Å²) >= 11 is 0. The molecule has 0 amide bonds. The number of aromatic nitrogens is 2. The lowest BCUT2D eigenvalue weighted by Gasteiger charge is -2.31. The number of nitrogens with zero attached hydrogens (tertiary/aromatic N) is 3. The van der Waals surface area contributed by atoms with Crippen LogP contribution >= 0.6 is 0 Å². The smallest absolute Gasteiger partial charge is 0.230 e. The van der Waals surface area contributed by atoms with Gasteiger partial charge in [0.15, 0.2) is 0 Å². The Labute approximate surface area is 168 Å². The standard InChI is InChI=1S/C22H33N5O/c1-2-3-4-5-6-7-9-18-10-12-19(13-11-18)21-25-20(28-26-21)16-22(24)14-8-15-27(22)17-23/h10-13,17,23H,2-9,14-16,24H2,1H3/t22-/m0/s1. The molecule has 1 atom stereocenters. The van der Waals surface area contributed by atoms with Crippen molar-refractivity contribution in [2.45, 2.75) is 76.8 Å². The summed E-state index contributed by atoms with van der Waals surface area (Å²) in [6, 6.07) is 8.46. The van der Waals surface area contributed by atoms with Gasteiger partial charge in [-0.05, 0) is 31.2 Å². The first kappa shape index (κ1) is 20.5. The van der Waals surface area contributed by atoms with E-state index in [0.717, 1.165) is 31.4 Å². The van der Waals surface area contributed by atoms with Crippen molar-refractivity contribution in [3.63, 3.8) is 0 Å². The van der Waals surface area contributed by atoms with Gasteiger partial charge in [0.05, 0.1) is 18.4 Å². The zero-order valence-corrected chi connectivity index (χ0v) is 17.0. The van der Waals surface area contributed by atoms with Crippen molar-refractivity contribution in [3.05, 3.63) is 35.7 Å². The monoisotopic (exact) mass is 383 g/mol. The minimum Gasteiger partial charge on any atom is -0.345 e. The molecular formula is C22H33N5O. The lowest BCUT2D eigenvalue weighted by molar-refractivity contribution is 0.216. The fraction of sp³-hybridized carbons (Fsp3) is 0.591. The van der Waals surface area contributed by atoms with Crippen molar-refractivity contribution in [2.75, 3.05) is 6.54 Å². The number of benzene rings is 1. The van der Waals surface area contributed by atoms with E-state index >= 15 is 0 Å². The Morgan fingerprint density at radius 1 is 1.18 bits per heavy atom. The summed E-state index contributed by atoms with van der Waals surface area (Å²) in [5.74, 6) is 1.13. The normalized spacial score (nSPS) is 19.3. The highest BCUT2D eigenvalue weighted by atomic mass is 16.5. The molecule has 1 aliphatic heterocycles. The first-order chi connectivity index (χ1) is 13.6. The van der Waals surface area contributed by atoms with Gasteiger partial charge in [-0.1, -0.05) is 68.4 Å². The van der Waals surface area contributed by atoms with Crippen LogP contribution in [-0.4, -0.2) is 33.6 Å². The van der Waals surface area contributed by atoms with Crippen LogP contribution in [0.4, 0.5) is 0 Å². The maximum Gasteiger partial charge on any atom is 0.230 e. The summed E-state index contributed by atoms with van der Waals surface area (Å²) in [6.07, 6.45) is 12.6. The second-order valence-electron chi connectivity index (χ2n) is 7.93. The molecule has 6 nitrogen and oxygen atoms in total. The van der Waals surface area contributed by atoms with Crippen LogP contribution in [0.1, 0.15) is 69.7 Å². The maximum atomic E-state index is 7.53. The van der Waals surface area contributed by atoms with Crippen molar-refractivity contribution < 1.29 is 4.52 Å². The van der Waals surface area contributed by atoms with Crippen molar-refractivity contribution in [1.82, 2.24) is 15.0 Å². The van der Waals surface area contributed by atoms with E-state index in [1.165, 1.54) is 50.4 Å². The van der Waals surface area contributed by atoms with Crippen LogP contribution in [0.2, 0.25) is 0 Å². The Bertz CT molecular complexity index is 742. The van der Waals surface area contributed by atoms with Gasteiger partial charge in [0.1, 0.15) is 0 Å². The zero-order valence-electron chi connectivity index (χ0n) is 17.0. The van der Waals surface area contributed by atoms with Crippen LogP contribution in [-0.2, 0) is 12.8 Å². The topological polar surface area (TPSA) is 92.0 Å². The molecule has 1 aliphatic rings. The molecule has 2 aromatic rings. The third-order valence-electron chi connectivity index (χ3n) is 5.69. The van der Waals surface area contributed by atoms with Gasteiger partial charge in [0, 0.05) is 12.1 Å². The average Bonchev–Trinajstić information content (AvgIpc) is 3.31. The van der Waals surface area contributed by atoms with E-state index in [1.54, 1.807) is 0 Å². The molecular weight excluding hydrogens is 350 g/mol. The second-order valence-corrected chi connectivity index (χ2v) is 7.93. The molecule has 0 unspecified atom stereocenters. The first-order valence-corrected chi connectivity index (χ1v) is 10.6. The number of aryl methyl sites for hydroxylation is 1. The molecule has 3 rings (SSSR count). The van der Waals surface area contributed by atoms with E-state index in [-0.39, 0.29) is 0 Å². The summed E-state index contributed by atoms with van der Waals surface area (Å²) < 4.78 is 5.44. The van der Waals surface area contributed by atoms with Crippen LogP contribution in [0.5, 0.6) is 0 Å². The Morgan fingerprint density at radius 3 is 2.68 bits per heavy atom. The van der Waals surface area contributed by atoms with Crippen LogP contribution in [0.25, 0.3) is 11.4 Å². The lowest BCUT2D eigenvalue weighted by atomic mass is 10.0. The highest BCUT2D eigenvalue weighted by molar-refractivity contribution is 5.55. The van der Waals surface area contributed by atoms with Gasteiger partial charge in [0.25, 0.3) is 0 Å². The van der Waals surface area contributed by atoms with Crippen LogP contribution in [0, 0.1) is 5.41 Å². The summed E-state index contributed by atoms with van der Waals surface area (Å²) in [6.45, 7) is 3.06. The molecule has 3 N–H and O–H groups in total. The molecule has 1 saturated heterocycles. The third kappa shape index (κ3) is 5.19. The predicted octanol–water partition coefficient (Wildman–Crippen LogP) is 4.54. The molecule has 152 valence electrons. The second kappa shape index (κ2) is 9.82.